The van der Waals surface area contributed by atoms with Gasteiger partial charge in [0, 0.05) is 10.6 Å². The van der Waals surface area contributed by atoms with Crippen LogP contribution in [0.15, 0.2) is 72.3 Å². The van der Waals surface area contributed by atoms with Crippen molar-refractivity contribution in [3.63, 3.8) is 0 Å². The number of Topliss-reactive ketones (excluding diaryl/α,β-unsaturated/α-hetero) is 1. The van der Waals surface area contributed by atoms with Crippen LogP contribution in [-0.2, 0) is 9.59 Å². The SMILES string of the molecule is Cc1nnc(N2C(=O)C(=O)C(=C(O)c3ccc(Cl)cc3)[C@H]2c2cccc3ccccc23)s1. The van der Waals surface area contributed by atoms with Gasteiger partial charge in [-0.3, -0.25) is 14.5 Å². The zero-order chi connectivity index (χ0) is 22.4. The Hall–Kier alpha value is -3.55. The quantitative estimate of drug-likeness (QED) is 0.255. The highest BCUT2D eigenvalue weighted by atomic mass is 35.5. The number of carbonyl (C=O) groups excluding carboxylic acids is 2. The van der Waals surface area contributed by atoms with Crippen molar-refractivity contribution in [1.29, 1.82) is 0 Å². The number of aliphatic hydroxyl groups excluding tert-OH is 1. The van der Waals surface area contributed by atoms with E-state index in [-0.39, 0.29) is 11.3 Å². The first-order chi connectivity index (χ1) is 15.5. The maximum Gasteiger partial charge on any atom is 0.301 e. The average molecular weight is 462 g/mol. The number of aryl methyl sites for hydroxylation is 1. The van der Waals surface area contributed by atoms with E-state index in [0.29, 0.717) is 26.3 Å². The molecule has 1 atom stereocenters. The van der Waals surface area contributed by atoms with Crippen LogP contribution in [0.2, 0.25) is 5.02 Å². The summed E-state index contributed by atoms with van der Waals surface area (Å²) in [6.45, 7) is 1.78. The second kappa shape index (κ2) is 7.85. The van der Waals surface area contributed by atoms with Crippen molar-refractivity contribution in [2.75, 3.05) is 4.90 Å². The van der Waals surface area contributed by atoms with Crippen LogP contribution in [0.3, 0.4) is 0 Å². The summed E-state index contributed by atoms with van der Waals surface area (Å²) in [4.78, 5) is 27.7. The third-order valence-corrected chi connectivity index (χ3v) is 6.49. The number of amides is 1. The zero-order valence-electron chi connectivity index (χ0n) is 16.8. The van der Waals surface area contributed by atoms with Crippen LogP contribution in [0.1, 0.15) is 22.2 Å². The van der Waals surface area contributed by atoms with E-state index in [4.69, 9.17) is 11.6 Å². The fourth-order valence-electron chi connectivity index (χ4n) is 3.96. The summed E-state index contributed by atoms with van der Waals surface area (Å²) in [5, 5.41) is 22.6. The second-order valence-corrected chi connectivity index (χ2v) is 8.94. The minimum atomic E-state index is -0.857. The molecule has 1 N–H and O–H groups in total. The van der Waals surface area contributed by atoms with Gasteiger partial charge in [0.05, 0.1) is 11.6 Å². The largest absolute Gasteiger partial charge is 0.507 e. The summed E-state index contributed by atoms with van der Waals surface area (Å²) in [5.74, 6) is -1.79. The van der Waals surface area contributed by atoms with Gasteiger partial charge in [-0.15, -0.1) is 10.2 Å². The van der Waals surface area contributed by atoms with Crippen LogP contribution in [-0.4, -0.2) is 27.0 Å². The molecule has 0 spiro atoms. The number of hydrogen-bond acceptors (Lipinski definition) is 6. The fourth-order valence-corrected chi connectivity index (χ4v) is 4.80. The normalized spacial score (nSPS) is 17.9. The van der Waals surface area contributed by atoms with Crippen LogP contribution < -0.4 is 4.90 Å². The van der Waals surface area contributed by atoms with E-state index in [0.717, 1.165) is 10.8 Å². The van der Waals surface area contributed by atoms with Gasteiger partial charge < -0.3 is 5.11 Å². The van der Waals surface area contributed by atoms with E-state index < -0.39 is 17.7 Å². The lowest BCUT2D eigenvalue weighted by atomic mass is 9.92. The zero-order valence-corrected chi connectivity index (χ0v) is 18.4. The van der Waals surface area contributed by atoms with Gasteiger partial charge in [0.1, 0.15) is 10.8 Å². The number of aromatic nitrogens is 2. The van der Waals surface area contributed by atoms with Crippen LogP contribution in [0.4, 0.5) is 5.13 Å². The number of hydrogen-bond donors (Lipinski definition) is 1. The Morgan fingerprint density at radius 1 is 1.00 bits per heavy atom. The number of ketones is 1. The number of fused-ring (bicyclic) bond motifs is 1. The summed E-state index contributed by atoms with van der Waals surface area (Å²) >= 11 is 7.20. The molecule has 0 saturated carbocycles. The predicted octanol–water partition coefficient (Wildman–Crippen LogP) is 5.28. The van der Waals surface area contributed by atoms with Gasteiger partial charge in [-0.2, -0.15) is 0 Å². The molecule has 0 radical (unpaired) electrons. The lowest BCUT2D eigenvalue weighted by molar-refractivity contribution is -0.132. The van der Waals surface area contributed by atoms with Crippen molar-refractivity contribution in [1.82, 2.24) is 10.2 Å². The van der Waals surface area contributed by atoms with Crippen molar-refractivity contribution >= 4 is 56.3 Å². The Labute approximate surface area is 192 Å². The maximum absolute atomic E-state index is 13.2. The number of rotatable bonds is 3. The number of benzene rings is 3. The monoisotopic (exact) mass is 461 g/mol. The molecule has 3 aromatic carbocycles. The molecule has 1 fully saturated rings. The maximum atomic E-state index is 13.2. The number of nitrogens with zero attached hydrogens (tertiary/aromatic N) is 3. The molecule has 32 heavy (non-hydrogen) atoms. The van der Waals surface area contributed by atoms with E-state index in [1.54, 1.807) is 31.2 Å². The smallest absolute Gasteiger partial charge is 0.301 e. The summed E-state index contributed by atoms with van der Waals surface area (Å²) in [6, 6.07) is 19.0. The van der Waals surface area contributed by atoms with Gasteiger partial charge in [-0.25, -0.2) is 0 Å². The van der Waals surface area contributed by atoms with Crippen molar-refractivity contribution in [3.05, 3.63) is 93.5 Å². The van der Waals surface area contributed by atoms with E-state index in [2.05, 4.69) is 10.2 Å². The Morgan fingerprint density at radius 2 is 1.72 bits per heavy atom. The summed E-state index contributed by atoms with van der Waals surface area (Å²) in [7, 11) is 0. The highest BCUT2D eigenvalue weighted by Crippen LogP contribution is 2.44. The minimum Gasteiger partial charge on any atom is -0.507 e. The average Bonchev–Trinajstić information content (AvgIpc) is 3.34. The molecule has 1 amide bonds. The molecule has 158 valence electrons. The number of carbonyl (C=O) groups is 2. The van der Waals surface area contributed by atoms with E-state index in [1.165, 1.54) is 16.2 Å². The van der Waals surface area contributed by atoms with E-state index >= 15 is 0 Å². The molecule has 0 aliphatic carbocycles. The Kier molecular flexibility index (Phi) is 5.00. The molecule has 1 saturated heterocycles. The third-order valence-electron chi connectivity index (χ3n) is 5.40. The highest BCUT2D eigenvalue weighted by molar-refractivity contribution is 7.15. The van der Waals surface area contributed by atoms with Gasteiger partial charge in [0.2, 0.25) is 5.13 Å². The molecular weight excluding hydrogens is 446 g/mol. The molecule has 5 rings (SSSR count). The van der Waals surface area contributed by atoms with Crippen molar-refractivity contribution in [2.45, 2.75) is 13.0 Å². The summed E-state index contributed by atoms with van der Waals surface area (Å²) in [6.07, 6.45) is 0. The highest BCUT2D eigenvalue weighted by Gasteiger charge is 2.48. The number of aliphatic hydroxyl groups is 1. The summed E-state index contributed by atoms with van der Waals surface area (Å²) < 4.78 is 0. The van der Waals surface area contributed by atoms with Gasteiger partial charge in [0.15, 0.2) is 0 Å². The van der Waals surface area contributed by atoms with Gasteiger partial charge in [0.25, 0.3) is 5.78 Å². The molecule has 1 aliphatic heterocycles. The first-order valence-electron chi connectivity index (χ1n) is 9.80. The van der Waals surface area contributed by atoms with Crippen molar-refractivity contribution in [3.8, 4) is 0 Å². The van der Waals surface area contributed by atoms with Crippen LogP contribution in [0, 0.1) is 6.92 Å². The Morgan fingerprint density at radius 3 is 2.44 bits per heavy atom. The molecule has 2 heterocycles. The Bertz CT molecular complexity index is 1410. The molecule has 1 aromatic heterocycles. The molecule has 8 heteroatoms. The lowest BCUT2D eigenvalue weighted by Crippen LogP contribution is -2.29. The van der Waals surface area contributed by atoms with Crippen molar-refractivity contribution in [2.24, 2.45) is 0 Å². The molecule has 0 unspecified atom stereocenters. The molecular formula is C24H16ClN3O3S. The predicted molar refractivity (Wildman–Crippen MR) is 125 cm³/mol. The molecule has 6 nitrogen and oxygen atoms in total. The molecule has 0 bridgehead atoms. The first-order valence-corrected chi connectivity index (χ1v) is 11.0. The second-order valence-electron chi connectivity index (χ2n) is 7.35. The Balaban J connectivity index is 1.80. The number of halogens is 1. The topological polar surface area (TPSA) is 83.4 Å². The van der Waals surface area contributed by atoms with Gasteiger partial charge in [-0.1, -0.05) is 65.4 Å². The van der Waals surface area contributed by atoms with E-state index in [9.17, 15) is 14.7 Å². The van der Waals surface area contributed by atoms with Crippen LogP contribution in [0.5, 0.6) is 0 Å². The molecule has 4 aromatic rings. The van der Waals surface area contributed by atoms with Gasteiger partial charge >= 0.3 is 5.91 Å². The molecule has 1 aliphatic rings. The fraction of sp³-hybridized carbons (Fsp3) is 0.0833. The lowest BCUT2D eigenvalue weighted by Gasteiger charge is -2.24. The third kappa shape index (κ3) is 3.26. The van der Waals surface area contributed by atoms with Crippen LogP contribution in [0.25, 0.3) is 16.5 Å². The van der Waals surface area contributed by atoms with Crippen LogP contribution >= 0.6 is 22.9 Å². The van der Waals surface area contributed by atoms with E-state index in [1.807, 2.05) is 42.5 Å². The van der Waals surface area contributed by atoms with Gasteiger partial charge in [-0.05, 0) is 47.5 Å². The summed E-state index contributed by atoms with van der Waals surface area (Å²) in [5.41, 5.74) is 1.11. The first kappa shape index (κ1) is 20.4. The standard InChI is InChI=1S/C24H16ClN3O3S/c1-13-26-27-24(32-13)28-20(18-8-4-6-14-5-2-3-7-17(14)18)19(22(30)23(28)31)21(29)15-9-11-16(25)12-10-15/h2-12,20,29H,1H3/t20-/m1/s1. The van der Waals surface area contributed by atoms with Crippen molar-refractivity contribution < 1.29 is 14.7 Å². The minimum absolute atomic E-state index is 0.00142. The number of anilines is 1.